The summed E-state index contributed by atoms with van der Waals surface area (Å²) < 4.78 is 9.38. The predicted octanol–water partition coefficient (Wildman–Crippen LogP) is 2.78. The van der Waals surface area contributed by atoms with Crippen LogP contribution in [0.4, 0.5) is 0 Å². The summed E-state index contributed by atoms with van der Waals surface area (Å²) in [6.45, 7) is 8.57. The summed E-state index contributed by atoms with van der Waals surface area (Å²) in [7, 11) is 0. The largest absolute Gasteiger partial charge is 0.393 e. The minimum atomic E-state index is -0.542. The number of ether oxygens (including phenoxy) is 2. The Labute approximate surface area is 96.6 Å². The molecule has 0 bridgehead atoms. The summed E-state index contributed by atoms with van der Waals surface area (Å²) >= 11 is 0. The summed E-state index contributed by atoms with van der Waals surface area (Å²) in [5.74, 6) is -1.30. The maximum atomic E-state index is 11.6. The van der Waals surface area contributed by atoms with Gasteiger partial charge in [0.25, 0.3) is 5.95 Å². The molecule has 0 aliphatic rings. The van der Waals surface area contributed by atoms with E-state index in [2.05, 4.69) is 18.2 Å². The zero-order valence-electron chi connectivity index (χ0n) is 10.2. The fourth-order valence-corrected chi connectivity index (χ4v) is 1.32. The average molecular weight is 228 g/mol. The van der Waals surface area contributed by atoms with Crippen LogP contribution >= 0.6 is 0 Å². The molecule has 4 heteroatoms. The maximum absolute atomic E-state index is 11.6. The molecule has 0 aromatic heterocycles. The Morgan fingerprint density at radius 1 is 1.25 bits per heavy atom. The molecule has 1 unspecified atom stereocenters. The second kappa shape index (κ2) is 7.91. The molecular formula is C12H20O4. The quantitative estimate of drug-likeness (QED) is 0.496. The van der Waals surface area contributed by atoms with Crippen LogP contribution in [0.5, 0.6) is 0 Å². The first-order valence-electron chi connectivity index (χ1n) is 5.60. The first-order chi connectivity index (χ1) is 7.51. The third kappa shape index (κ3) is 6.22. The van der Waals surface area contributed by atoms with E-state index < -0.39 is 5.97 Å². The summed E-state index contributed by atoms with van der Waals surface area (Å²) in [5, 5.41) is 0. The normalized spacial score (nSPS) is 11.7. The molecule has 92 valence electrons. The van der Waals surface area contributed by atoms with E-state index in [-0.39, 0.29) is 17.8 Å². The molecule has 0 radical (unpaired) electrons. The van der Waals surface area contributed by atoms with Gasteiger partial charge in [0, 0.05) is 6.92 Å². The van der Waals surface area contributed by atoms with Crippen molar-refractivity contribution < 1.29 is 19.1 Å². The molecule has 0 rings (SSSR count). The van der Waals surface area contributed by atoms with Gasteiger partial charge in [-0.25, -0.2) is 0 Å². The minimum Gasteiger partial charge on any atom is -0.393 e. The highest BCUT2D eigenvalue weighted by Crippen LogP contribution is 2.16. The standard InChI is InChI=1S/C12H20O4/c1-5-7-8-11(6-2)12(14)16-10(4)15-9(3)13/h11H,4-8H2,1-3H3. The lowest BCUT2D eigenvalue weighted by molar-refractivity contribution is -0.155. The fourth-order valence-electron chi connectivity index (χ4n) is 1.32. The van der Waals surface area contributed by atoms with Crippen molar-refractivity contribution in [3.05, 3.63) is 12.5 Å². The summed E-state index contributed by atoms with van der Waals surface area (Å²) in [5.41, 5.74) is 0. The molecule has 0 saturated heterocycles. The number of carbonyl (C=O) groups excluding carboxylic acids is 2. The molecule has 0 fully saturated rings. The number of hydrogen-bond acceptors (Lipinski definition) is 4. The zero-order valence-corrected chi connectivity index (χ0v) is 10.2. The number of carbonyl (C=O) groups is 2. The molecular weight excluding hydrogens is 208 g/mol. The van der Waals surface area contributed by atoms with Crippen LogP contribution in [-0.4, -0.2) is 11.9 Å². The number of hydrogen-bond donors (Lipinski definition) is 0. The van der Waals surface area contributed by atoms with E-state index in [1.54, 1.807) is 0 Å². The monoisotopic (exact) mass is 228 g/mol. The Bertz CT molecular complexity index is 258. The van der Waals surface area contributed by atoms with Crippen LogP contribution < -0.4 is 0 Å². The predicted molar refractivity (Wildman–Crippen MR) is 60.3 cm³/mol. The SMILES string of the molecule is C=C(OC(C)=O)OC(=O)C(CC)CCCC. The third-order valence-electron chi connectivity index (χ3n) is 2.20. The van der Waals surface area contributed by atoms with Gasteiger partial charge < -0.3 is 9.47 Å². The van der Waals surface area contributed by atoms with Crippen LogP contribution in [0, 0.1) is 5.92 Å². The average Bonchev–Trinajstić information content (AvgIpc) is 2.17. The van der Waals surface area contributed by atoms with E-state index in [0.29, 0.717) is 6.42 Å². The van der Waals surface area contributed by atoms with Gasteiger partial charge in [0.2, 0.25) is 0 Å². The fraction of sp³-hybridized carbons (Fsp3) is 0.667. The Hall–Kier alpha value is -1.32. The maximum Gasteiger partial charge on any atom is 0.316 e. The third-order valence-corrected chi connectivity index (χ3v) is 2.20. The lowest BCUT2D eigenvalue weighted by Crippen LogP contribution is -2.18. The van der Waals surface area contributed by atoms with Crippen molar-refractivity contribution >= 4 is 11.9 Å². The van der Waals surface area contributed by atoms with Crippen LogP contribution in [0.1, 0.15) is 46.5 Å². The van der Waals surface area contributed by atoms with Gasteiger partial charge in [0.05, 0.1) is 5.92 Å². The van der Waals surface area contributed by atoms with Crippen molar-refractivity contribution in [1.82, 2.24) is 0 Å². The van der Waals surface area contributed by atoms with E-state index in [9.17, 15) is 9.59 Å². The van der Waals surface area contributed by atoms with Crippen molar-refractivity contribution in [2.24, 2.45) is 5.92 Å². The molecule has 16 heavy (non-hydrogen) atoms. The lowest BCUT2D eigenvalue weighted by atomic mass is 10.00. The molecule has 0 aromatic carbocycles. The minimum absolute atomic E-state index is 0.146. The van der Waals surface area contributed by atoms with E-state index in [4.69, 9.17) is 4.74 Å². The van der Waals surface area contributed by atoms with E-state index in [1.165, 1.54) is 6.92 Å². The van der Waals surface area contributed by atoms with Crippen molar-refractivity contribution in [2.45, 2.75) is 46.5 Å². The van der Waals surface area contributed by atoms with Gasteiger partial charge in [0.1, 0.15) is 0 Å². The molecule has 0 saturated carbocycles. The number of rotatable bonds is 7. The van der Waals surface area contributed by atoms with Gasteiger partial charge >= 0.3 is 11.9 Å². The molecule has 0 aliphatic carbocycles. The second-order valence-corrected chi connectivity index (χ2v) is 3.63. The van der Waals surface area contributed by atoms with Gasteiger partial charge in [-0.1, -0.05) is 26.7 Å². The first kappa shape index (κ1) is 14.7. The van der Waals surface area contributed by atoms with Crippen LogP contribution in [0.2, 0.25) is 0 Å². The van der Waals surface area contributed by atoms with E-state index in [1.807, 2.05) is 6.92 Å². The molecule has 0 aromatic rings. The second-order valence-electron chi connectivity index (χ2n) is 3.63. The van der Waals surface area contributed by atoms with E-state index >= 15 is 0 Å². The van der Waals surface area contributed by atoms with Gasteiger partial charge in [-0.3, -0.25) is 9.59 Å². The summed E-state index contributed by atoms with van der Waals surface area (Å²) in [6.07, 6.45) is 3.52. The van der Waals surface area contributed by atoms with Crippen molar-refractivity contribution in [3.8, 4) is 0 Å². The molecule has 1 atom stereocenters. The molecule has 0 N–H and O–H groups in total. The van der Waals surface area contributed by atoms with Gasteiger partial charge in [-0.2, -0.15) is 0 Å². The molecule has 0 spiro atoms. The van der Waals surface area contributed by atoms with Crippen LogP contribution in [0.3, 0.4) is 0 Å². The topological polar surface area (TPSA) is 52.6 Å². The molecule has 0 aliphatic heterocycles. The van der Waals surface area contributed by atoms with Crippen LogP contribution in [0.25, 0.3) is 0 Å². The summed E-state index contributed by atoms with van der Waals surface area (Å²) in [6, 6.07) is 0. The highest BCUT2D eigenvalue weighted by Gasteiger charge is 2.19. The highest BCUT2D eigenvalue weighted by molar-refractivity contribution is 5.74. The number of unbranched alkanes of at least 4 members (excludes halogenated alkanes) is 1. The Morgan fingerprint density at radius 2 is 1.88 bits per heavy atom. The van der Waals surface area contributed by atoms with Gasteiger partial charge in [-0.15, -0.1) is 0 Å². The van der Waals surface area contributed by atoms with E-state index in [0.717, 1.165) is 19.3 Å². The first-order valence-corrected chi connectivity index (χ1v) is 5.60. The van der Waals surface area contributed by atoms with Crippen molar-refractivity contribution in [3.63, 3.8) is 0 Å². The van der Waals surface area contributed by atoms with Crippen molar-refractivity contribution in [1.29, 1.82) is 0 Å². The number of esters is 2. The molecule has 0 heterocycles. The van der Waals surface area contributed by atoms with Gasteiger partial charge in [-0.05, 0) is 19.4 Å². The summed E-state index contributed by atoms with van der Waals surface area (Å²) in [4.78, 5) is 22.2. The molecule has 4 nitrogen and oxygen atoms in total. The van der Waals surface area contributed by atoms with Gasteiger partial charge in [0.15, 0.2) is 0 Å². The van der Waals surface area contributed by atoms with Crippen molar-refractivity contribution in [2.75, 3.05) is 0 Å². The Morgan fingerprint density at radius 3 is 2.31 bits per heavy atom. The lowest BCUT2D eigenvalue weighted by Gasteiger charge is -2.13. The highest BCUT2D eigenvalue weighted by atomic mass is 16.7. The van der Waals surface area contributed by atoms with Crippen LogP contribution in [0.15, 0.2) is 12.5 Å². The molecule has 0 amide bonds. The van der Waals surface area contributed by atoms with Crippen LogP contribution in [-0.2, 0) is 19.1 Å². The smallest absolute Gasteiger partial charge is 0.316 e. The Balaban J connectivity index is 4.09. The Kier molecular flexibility index (Phi) is 7.25. The zero-order chi connectivity index (χ0) is 12.6.